The molecule has 5 heteroatoms. The molecule has 2 N–H and O–H groups in total. The normalized spacial score (nSPS) is 12.2. The number of carbonyl (C=O) groups is 2. The quantitative estimate of drug-likeness (QED) is 0.362. The minimum atomic E-state index is -1.62. The zero-order valence-corrected chi connectivity index (χ0v) is 10.4. The van der Waals surface area contributed by atoms with E-state index in [-0.39, 0.29) is 6.42 Å². The lowest BCUT2D eigenvalue weighted by atomic mass is 10.1. The largest absolute Gasteiger partial charge is 0.393 e. The van der Waals surface area contributed by atoms with Crippen LogP contribution in [0.15, 0.2) is 0 Å². The van der Waals surface area contributed by atoms with Crippen LogP contribution >= 0.6 is 0 Å². The van der Waals surface area contributed by atoms with Crippen LogP contribution in [0.1, 0.15) is 51.9 Å². The van der Waals surface area contributed by atoms with Crippen LogP contribution in [-0.4, -0.2) is 34.9 Å². The highest BCUT2D eigenvalue weighted by Gasteiger charge is 2.18. The van der Waals surface area contributed by atoms with Crippen LogP contribution in [0.4, 0.5) is 0 Å². The molecular weight excluding hydrogens is 224 g/mol. The lowest BCUT2D eigenvalue weighted by Crippen LogP contribution is -2.28. The summed E-state index contributed by atoms with van der Waals surface area (Å²) in [5, 5.41) is 17.3. The third-order valence-electron chi connectivity index (χ3n) is 2.39. The van der Waals surface area contributed by atoms with Crippen LogP contribution in [-0.2, 0) is 14.3 Å². The molecule has 1 atom stereocenters. The first-order valence-corrected chi connectivity index (χ1v) is 6.15. The first-order valence-electron chi connectivity index (χ1n) is 6.15. The van der Waals surface area contributed by atoms with E-state index in [1.165, 1.54) is 12.8 Å². The standard InChI is InChI=1S/C12H22O5/c1-2-3-4-5-6-7-8-11(15)17-12(16)10(14)9-13/h10,13-14H,2-9H2,1H3. The number of unbranched alkanes of at least 4 members (excludes halogenated alkanes) is 5. The molecule has 0 aromatic rings. The lowest BCUT2D eigenvalue weighted by molar-refractivity contribution is -0.167. The molecule has 0 saturated carbocycles. The summed E-state index contributed by atoms with van der Waals surface area (Å²) < 4.78 is 4.34. The SMILES string of the molecule is CCCCCCCCC(=O)OC(=O)C(O)CO. The molecule has 0 aliphatic carbocycles. The summed E-state index contributed by atoms with van der Waals surface area (Å²) in [7, 11) is 0. The third-order valence-corrected chi connectivity index (χ3v) is 2.39. The number of hydrogen-bond acceptors (Lipinski definition) is 5. The Bertz CT molecular complexity index is 227. The van der Waals surface area contributed by atoms with Gasteiger partial charge in [-0.3, -0.25) is 4.79 Å². The van der Waals surface area contributed by atoms with E-state index < -0.39 is 24.6 Å². The zero-order chi connectivity index (χ0) is 13.1. The van der Waals surface area contributed by atoms with Gasteiger partial charge in [-0.15, -0.1) is 0 Å². The van der Waals surface area contributed by atoms with Crippen molar-refractivity contribution in [1.29, 1.82) is 0 Å². The van der Waals surface area contributed by atoms with Crippen molar-refractivity contribution in [3.63, 3.8) is 0 Å². The molecule has 0 aliphatic heterocycles. The van der Waals surface area contributed by atoms with Crippen LogP contribution in [0.2, 0.25) is 0 Å². The van der Waals surface area contributed by atoms with Gasteiger partial charge < -0.3 is 14.9 Å². The molecule has 17 heavy (non-hydrogen) atoms. The molecule has 0 aliphatic rings. The fraction of sp³-hybridized carbons (Fsp3) is 0.833. The van der Waals surface area contributed by atoms with Crippen LogP contribution in [0.25, 0.3) is 0 Å². The van der Waals surface area contributed by atoms with Crippen LogP contribution in [0.3, 0.4) is 0 Å². The van der Waals surface area contributed by atoms with E-state index >= 15 is 0 Å². The number of rotatable bonds is 9. The maximum Gasteiger partial charge on any atom is 0.345 e. The highest BCUT2D eigenvalue weighted by atomic mass is 16.6. The Hall–Kier alpha value is -0.940. The number of aliphatic hydroxyl groups is 2. The van der Waals surface area contributed by atoms with Gasteiger partial charge in [0, 0.05) is 6.42 Å². The molecule has 0 fully saturated rings. The molecule has 0 heterocycles. The van der Waals surface area contributed by atoms with Gasteiger partial charge in [0.25, 0.3) is 0 Å². The number of ether oxygens (including phenoxy) is 1. The molecule has 0 amide bonds. The molecule has 100 valence electrons. The predicted molar refractivity (Wildman–Crippen MR) is 62.2 cm³/mol. The van der Waals surface area contributed by atoms with E-state index in [9.17, 15) is 9.59 Å². The molecular formula is C12H22O5. The number of carbonyl (C=O) groups excluding carboxylic acids is 2. The molecule has 0 spiro atoms. The van der Waals surface area contributed by atoms with E-state index in [4.69, 9.17) is 10.2 Å². The van der Waals surface area contributed by atoms with Gasteiger partial charge in [-0.1, -0.05) is 39.0 Å². The summed E-state index contributed by atoms with van der Waals surface area (Å²) in [6.45, 7) is 1.40. The van der Waals surface area contributed by atoms with E-state index in [2.05, 4.69) is 11.7 Å². The van der Waals surface area contributed by atoms with Gasteiger partial charge in [0.1, 0.15) is 0 Å². The average molecular weight is 246 g/mol. The maximum absolute atomic E-state index is 11.1. The Kier molecular flexibility index (Phi) is 9.66. The topological polar surface area (TPSA) is 83.8 Å². The summed E-state index contributed by atoms with van der Waals surface area (Å²) >= 11 is 0. The molecule has 1 unspecified atom stereocenters. The Balaban J connectivity index is 3.50. The van der Waals surface area contributed by atoms with E-state index in [0.717, 1.165) is 19.3 Å². The minimum absolute atomic E-state index is 0.177. The highest BCUT2D eigenvalue weighted by Crippen LogP contribution is 2.07. The summed E-state index contributed by atoms with van der Waals surface area (Å²) in [6, 6.07) is 0. The Labute approximate surface area is 102 Å². The smallest absolute Gasteiger partial charge is 0.345 e. The summed E-state index contributed by atoms with van der Waals surface area (Å²) in [4.78, 5) is 22.0. The van der Waals surface area contributed by atoms with Crippen LogP contribution in [0, 0.1) is 0 Å². The average Bonchev–Trinajstić information content (AvgIpc) is 2.32. The van der Waals surface area contributed by atoms with Crippen molar-refractivity contribution >= 4 is 11.9 Å². The number of aliphatic hydroxyl groups excluding tert-OH is 2. The molecule has 0 aromatic carbocycles. The predicted octanol–water partition coefficient (Wildman–Crippen LogP) is 1.16. The van der Waals surface area contributed by atoms with Crippen LogP contribution in [0.5, 0.6) is 0 Å². The van der Waals surface area contributed by atoms with Gasteiger partial charge >= 0.3 is 11.9 Å². The Morgan fingerprint density at radius 3 is 2.29 bits per heavy atom. The maximum atomic E-state index is 11.1. The zero-order valence-electron chi connectivity index (χ0n) is 10.4. The van der Waals surface area contributed by atoms with Crippen molar-refractivity contribution in [3.05, 3.63) is 0 Å². The van der Waals surface area contributed by atoms with Crippen molar-refractivity contribution in [2.24, 2.45) is 0 Å². The molecule has 0 rings (SSSR count). The second-order valence-corrected chi connectivity index (χ2v) is 4.01. The molecule has 0 bridgehead atoms. The molecule has 0 radical (unpaired) electrons. The Morgan fingerprint density at radius 2 is 1.71 bits per heavy atom. The minimum Gasteiger partial charge on any atom is -0.393 e. The van der Waals surface area contributed by atoms with Crippen molar-refractivity contribution in [3.8, 4) is 0 Å². The fourth-order valence-corrected chi connectivity index (χ4v) is 1.36. The van der Waals surface area contributed by atoms with E-state index in [1.54, 1.807) is 0 Å². The molecule has 5 nitrogen and oxygen atoms in total. The summed E-state index contributed by atoms with van der Waals surface area (Å²) in [6.07, 6.45) is 4.79. The van der Waals surface area contributed by atoms with Gasteiger partial charge in [-0.05, 0) is 6.42 Å². The van der Waals surface area contributed by atoms with E-state index in [1.807, 2.05) is 0 Å². The van der Waals surface area contributed by atoms with Gasteiger partial charge in [-0.2, -0.15) is 0 Å². The first-order chi connectivity index (χ1) is 8.11. The Morgan fingerprint density at radius 1 is 1.12 bits per heavy atom. The monoisotopic (exact) mass is 246 g/mol. The van der Waals surface area contributed by atoms with Crippen molar-refractivity contribution < 1.29 is 24.5 Å². The first kappa shape index (κ1) is 16.1. The second kappa shape index (κ2) is 10.2. The van der Waals surface area contributed by atoms with Gasteiger partial charge in [-0.25, -0.2) is 4.79 Å². The van der Waals surface area contributed by atoms with Crippen molar-refractivity contribution in [1.82, 2.24) is 0 Å². The number of esters is 2. The summed E-state index contributed by atoms with van der Waals surface area (Å²) in [5.74, 6) is -1.72. The molecule has 0 saturated heterocycles. The third kappa shape index (κ3) is 8.83. The van der Waals surface area contributed by atoms with Crippen LogP contribution < -0.4 is 0 Å². The van der Waals surface area contributed by atoms with Gasteiger partial charge in [0.15, 0.2) is 6.10 Å². The van der Waals surface area contributed by atoms with Crippen molar-refractivity contribution in [2.45, 2.75) is 58.0 Å². The lowest BCUT2D eigenvalue weighted by Gasteiger charge is -2.06. The summed E-state index contributed by atoms with van der Waals surface area (Å²) in [5.41, 5.74) is 0. The van der Waals surface area contributed by atoms with E-state index in [0.29, 0.717) is 6.42 Å². The van der Waals surface area contributed by atoms with Gasteiger partial charge in [0.05, 0.1) is 6.61 Å². The molecule has 0 aromatic heterocycles. The second-order valence-electron chi connectivity index (χ2n) is 4.01. The van der Waals surface area contributed by atoms with Gasteiger partial charge in [0.2, 0.25) is 0 Å². The highest BCUT2D eigenvalue weighted by molar-refractivity contribution is 5.87. The van der Waals surface area contributed by atoms with Crippen molar-refractivity contribution in [2.75, 3.05) is 6.61 Å². The fourth-order valence-electron chi connectivity index (χ4n) is 1.36. The number of hydrogen-bond donors (Lipinski definition) is 2.